The Hall–Kier alpha value is -2.18. The lowest BCUT2D eigenvalue weighted by Gasteiger charge is -2.34. The zero-order valence-electron chi connectivity index (χ0n) is 15.5. The minimum Gasteiger partial charge on any atom is -0.338 e. The molecule has 6 heteroatoms. The molecule has 1 aliphatic heterocycles. The second-order valence-electron chi connectivity index (χ2n) is 7.29. The second kappa shape index (κ2) is 8.23. The monoisotopic (exact) mass is 386 g/mol. The highest BCUT2D eigenvalue weighted by Gasteiger charge is 2.26. The Morgan fingerprint density at radius 3 is 2.63 bits per heavy atom. The van der Waals surface area contributed by atoms with Gasteiger partial charge in [0, 0.05) is 24.7 Å². The number of piperidine rings is 1. The molecule has 0 aromatic heterocycles. The SMILES string of the molecule is CC(N)C1CCCN(C(=O)c2cccc(CS(=O)(=O)c3ccccc3)c2)C1. The number of nitrogens with zero attached hydrogens (tertiary/aromatic N) is 1. The Morgan fingerprint density at radius 2 is 1.93 bits per heavy atom. The van der Waals surface area contributed by atoms with E-state index in [1.807, 2.05) is 11.8 Å². The normalized spacial score (nSPS) is 18.9. The number of hydrogen-bond acceptors (Lipinski definition) is 4. The van der Waals surface area contributed by atoms with Crippen molar-refractivity contribution in [3.63, 3.8) is 0 Å². The van der Waals surface area contributed by atoms with Crippen molar-refractivity contribution in [1.29, 1.82) is 0 Å². The van der Waals surface area contributed by atoms with Crippen LogP contribution in [0.4, 0.5) is 0 Å². The molecule has 2 aromatic carbocycles. The van der Waals surface area contributed by atoms with Crippen LogP contribution < -0.4 is 5.73 Å². The summed E-state index contributed by atoms with van der Waals surface area (Å²) in [5.41, 5.74) is 7.16. The number of benzene rings is 2. The number of rotatable bonds is 5. The van der Waals surface area contributed by atoms with Crippen LogP contribution in [0, 0.1) is 5.92 Å². The molecule has 1 saturated heterocycles. The van der Waals surface area contributed by atoms with Crippen molar-refractivity contribution in [2.45, 2.75) is 36.5 Å². The summed E-state index contributed by atoms with van der Waals surface area (Å²) in [4.78, 5) is 15.0. The third-order valence-corrected chi connectivity index (χ3v) is 6.83. The number of carbonyl (C=O) groups is 1. The number of nitrogens with two attached hydrogens (primary N) is 1. The van der Waals surface area contributed by atoms with Gasteiger partial charge in [-0.05, 0) is 55.5 Å². The predicted octanol–water partition coefficient (Wildman–Crippen LogP) is 2.86. The highest BCUT2D eigenvalue weighted by molar-refractivity contribution is 7.90. The third-order valence-electron chi connectivity index (χ3n) is 5.12. The van der Waals surface area contributed by atoms with Crippen LogP contribution in [0.1, 0.15) is 35.7 Å². The highest BCUT2D eigenvalue weighted by atomic mass is 32.2. The van der Waals surface area contributed by atoms with Crippen molar-refractivity contribution in [3.8, 4) is 0 Å². The Kier molecular flexibility index (Phi) is 5.97. The van der Waals surface area contributed by atoms with E-state index in [0.29, 0.717) is 30.1 Å². The molecule has 3 rings (SSSR count). The zero-order chi connectivity index (χ0) is 19.4. The standard InChI is InChI=1S/C21H26N2O3S/c1-16(22)19-9-6-12-23(14-19)21(24)18-8-5-7-17(13-18)15-27(25,26)20-10-3-2-4-11-20/h2-5,7-8,10-11,13,16,19H,6,9,12,14-15,22H2,1H3. The summed E-state index contributed by atoms with van der Waals surface area (Å²) < 4.78 is 25.2. The number of hydrogen-bond donors (Lipinski definition) is 1. The average molecular weight is 387 g/mol. The van der Waals surface area contributed by atoms with Crippen LogP contribution in [0.5, 0.6) is 0 Å². The maximum Gasteiger partial charge on any atom is 0.253 e. The van der Waals surface area contributed by atoms with Crippen LogP contribution in [0.15, 0.2) is 59.5 Å². The molecule has 27 heavy (non-hydrogen) atoms. The molecule has 2 aromatic rings. The number of sulfone groups is 1. The van der Waals surface area contributed by atoms with Crippen LogP contribution in [0.2, 0.25) is 0 Å². The summed E-state index contributed by atoms with van der Waals surface area (Å²) >= 11 is 0. The fraction of sp³-hybridized carbons (Fsp3) is 0.381. The summed E-state index contributed by atoms with van der Waals surface area (Å²) in [6.07, 6.45) is 1.98. The van der Waals surface area contributed by atoms with Gasteiger partial charge in [0.15, 0.2) is 9.84 Å². The van der Waals surface area contributed by atoms with E-state index in [4.69, 9.17) is 5.73 Å². The van der Waals surface area contributed by atoms with Gasteiger partial charge >= 0.3 is 0 Å². The lowest BCUT2D eigenvalue weighted by atomic mass is 9.92. The quantitative estimate of drug-likeness (QED) is 0.857. The van der Waals surface area contributed by atoms with E-state index in [0.717, 1.165) is 12.8 Å². The Bertz CT molecular complexity index is 895. The molecule has 1 aliphatic rings. The maximum atomic E-state index is 12.9. The molecule has 0 radical (unpaired) electrons. The number of carbonyl (C=O) groups excluding carboxylic acids is 1. The van der Waals surface area contributed by atoms with E-state index >= 15 is 0 Å². The fourth-order valence-electron chi connectivity index (χ4n) is 3.53. The van der Waals surface area contributed by atoms with Crippen molar-refractivity contribution in [1.82, 2.24) is 4.90 Å². The molecular formula is C21H26N2O3S. The van der Waals surface area contributed by atoms with Crippen LogP contribution in [-0.4, -0.2) is 38.4 Å². The largest absolute Gasteiger partial charge is 0.338 e. The van der Waals surface area contributed by atoms with Crippen molar-refractivity contribution >= 4 is 15.7 Å². The summed E-state index contributed by atoms with van der Waals surface area (Å²) in [5.74, 6) is 0.129. The first-order chi connectivity index (χ1) is 12.9. The lowest BCUT2D eigenvalue weighted by Crippen LogP contribution is -2.45. The maximum absolute atomic E-state index is 12.9. The molecule has 0 saturated carbocycles. The second-order valence-corrected chi connectivity index (χ2v) is 9.27. The molecule has 1 heterocycles. The molecule has 5 nitrogen and oxygen atoms in total. The van der Waals surface area contributed by atoms with Gasteiger partial charge in [-0.2, -0.15) is 0 Å². The van der Waals surface area contributed by atoms with Gasteiger partial charge in [0.25, 0.3) is 5.91 Å². The molecule has 144 valence electrons. The van der Waals surface area contributed by atoms with Crippen molar-refractivity contribution < 1.29 is 13.2 Å². The highest BCUT2D eigenvalue weighted by Crippen LogP contribution is 2.22. The van der Waals surface area contributed by atoms with Gasteiger partial charge in [0.05, 0.1) is 10.6 Å². The first kappa shape index (κ1) is 19.6. The molecule has 1 amide bonds. The van der Waals surface area contributed by atoms with Gasteiger partial charge in [0.1, 0.15) is 0 Å². The van der Waals surface area contributed by atoms with Crippen LogP contribution in [-0.2, 0) is 15.6 Å². The zero-order valence-corrected chi connectivity index (χ0v) is 16.4. The van der Waals surface area contributed by atoms with Gasteiger partial charge in [0.2, 0.25) is 0 Å². The van der Waals surface area contributed by atoms with Crippen molar-refractivity contribution in [2.75, 3.05) is 13.1 Å². The Balaban J connectivity index is 1.76. The van der Waals surface area contributed by atoms with Crippen LogP contribution in [0.3, 0.4) is 0 Å². The number of likely N-dealkylation sites (tertiary alicyclic amines) is 1. The summed E-state index contributed by atoms with van der Waals surface area (Å²) in [6.45, 7) is 3.35. The topological polar surface area (TPSA) is 80.5 Å². The minimum atomic E-state index is -3.44. The molecule has 2 unspecified atom stereocenters. The molecule has 0 spiro atoms. The van der Waals surface area contributed by atoms with Gasteiger partial charge in [-0.3, -0.25) is 4.79 Å². The molecule has 0 bridgehead atoms. The van der Waals surface area contributed by atoms with Crippen molar-refractivity contribution in [3.05, 3.63) is 65.7 Å². The van der Waals surface area contributed by atoms with E-state index in [1.165, 1.54) is 0 Å². The van der Waals surface area contributed by atoms with E-state index in [-0.39, 0.29) is 22.6 Å². The Morgan fingerprint density at radius 1 is 1.19 bits per heavy atom. The minimum absolute atomic E-state index is 0.0562. The predicted molar refractivity (Wildman–Crippen MR) is 106 cm³/mol. The Labute approximate surface area is 161 Å². The third kappa shape index (κ3) is 4.76. The molecule has 2 N–H and O–H groups in total. The smallest absolute Gasteiger partial charge is 0.253 e. The molecular weight excluding hydrogens is 360 g/mol. The summed E-state index contributed by atoms with van der Waals surface area (Å²) in [6, 6.07) is 15.4. The first-order valence-electron chi connectivity index (χ1n) is 9.28. The van der Waals surface area contributed by atoms with Crippen molar-refractivity contribution in [2.24, 2.45) is 11.7 Å². The van der Waals surface area contributed by atoms with Gasteiger partial charge in [-0.1, -0.05) is 30.3 Å². The van der Waals surface area contributed by atoms with E-state index < -0.39 is 9.84 Å². The van der Waals surface area contributed by atoms with E-state index in [1.54, 1.807) is 54.6 Å². The van der Waals surface area contributed by atoms with E-state index in [2.05, 4.69) is 0 Å². The van der Waals surface area contributed by atoms with Crippen LogP contribution in [0.25, 0.3) is 0 Å². The molecule has 1 fully saturated rings. The van der Waals surface area contributed by atoms with E-state index in [9.17, 15) is 13.2 Å². The average Bonchev–Trinajstić information content (AvgIpc) is 2.68. The summed E-state index contributed by atoms with van der Waals surface area (Å²) in [5, 5.41) is 0. The molecule has 2 atom stereocenters. The first-order valence-corrected chi connectivity index (χ1v) is 10.9. The van der Waals surface area contributed by atoms with Gasteiger partial charge < -0.3 is 10.6 Å². The van der Waals surface area contributed by atoms with Gasteiger partial charge in [-0.25, -0.2) is 8.42 Å². The molecule has 0 aliphatic carbocycles. The fourth-order valence-corrected chi connectivity index (χ4v) is 4.89. The lowest BCUT2D eigenvalue weighted by molar-refractivity contribution is 0.0661. The van der Waals surface area contributed by atoms with Gasteiger partial charge in [-0.15, -0.1) is 0 Å². The van der Waals surface area contributed by atoms with Crippen LogP contribution >= 0.6 is 0 Å². The summed E-state index contributed by atoms with van der Waals surface area (Å²) in [7, 11) is -3.44. The number of amides is 1.